The molecule has 0 spiro atoms. The Labute approximate surface area is 128 Å². The summed E-state index contributed by atoms with van der Waals surface area (Å²) in [7, 11) is 0. The van der Waals surface area contributed by atoms with Gasteiger partial charge in [-0.3, -0.25) is 0 Å². The van der Waals surface area contributed by atoms with E-state index in [1.165, 1.54) is 0 Å². The van der Waals surface area contributed by atoms with Crippen molar-refractivity contribution in [3.63, 3.8) is 0 Å². The van der Waals surface area contributed by atoms with Crippen molar-refractivity contribution in [1.29, 1.82) is 0 Å². The van der Waals surface area contributed by atoms with Gasteiger partial charge in [-0.2, -0.15) is 11.3 Å². The molecule has 5 heteroatoms. The van der Waals surface area contributed by atoms with Crippen LogP contribution in [0.3, 0.4) is 0 Å². The van der Waals surface area contributed by atoms with Crippen molar-refractivity contribution in [2.24, 2.45) is 0 Å². The molecule has 0 fully saturated rings. The predicted octanol–water partition coefficient (Wildman–Crippen LogP) is 5.28. The highest BCUT2D eigenvalue weighted by atomic mass is 79.9. The second-order valence-electron chi connectivity index (χ2n) is 3.67. The van der Waals surface area contributed by atoms with Gasteiger partial charge < -0.3 is 10.1 Å². The number of nitrogens with one attached hydrogen (secondary N) is 1. The summed E-state index contributed by atoms with van der Waals surface area (Å²) < 4.78 is 7.70. The third kappa shape index (κ3) is 3.49. The van der Waals surface area contributed by atoms with Gasteiger partial charge in [0.15, 0.2) is 0 Å². The zero-order chi connectivity index (χ0) is 13.0. The number of halogens is 2. The minimum Gasteiger partial charge on any atom is -0.492 e. The van der Waals surface area contributed by atoms with Gasteiger partial charge in [0.1, 0.15) is 5.75 Å². The molecular formula is C13H13Br2NOS. The van der Waals surface area contributed by atoms with Crippen LogP contribution in [0, 0.1) is 0 Å². The SMILES string of the molecule is CCOc1c(Br)cc(Br)cc1CNc1ccsc1. The first-order chi connectivity index (χ1) is 8.70. The zero-order valence-electron chi connectivity index (χ0n) is 9.87. The van der Waals surface area contributed by atoms with Crippen LogP contribution in [0.2, 0.25) is 0 Å². The van der Waals surface area contributed by atoms with Crippen LogP contribution in [-0.2, 0) is 6.54 Å². The molecule has 1 heterocycles. The Morgan fingerprint density at radius 2 is 2.17 bits per heavy atom. The Kier molecular flexibility index (Phi) is 5.09. The molecule has 0 aliphatic heterocycles. The number of benzene rings is 1. The first kappa shape index (κ1) is 13.9. The summed E-state index contributed by atoms with van der Waals surface area (Å²) in [5, 5.41) is 7.53. The standard InChI is InChI=1S/C13H13Br2NOS/c1-2-17-13-9(5-10(14)6-12(13)15)7-16-11-3-4-18-8-11/h3-6,8,16H,2,7H2,1H3. The molecule has 1 aromatic carbocycles. The zero-order valence-corrected chi connectivity index (χ0v) is 13.9. The smallest absolute Gasteiger partial charge is 0.138 e. The molecule has 18 heavy (non-hydrogen) atoms. The first-order valence-corrected chi connectivity index (χ1v) is 8.10. The number of thiophene rings is 1. The summed E-state index contributed by atoms with van der Waals surface area (Å²) in [6.45, 7) is 3.39. The summed E-state index contributed by atoms with van der Waals surface area (Å²) in [5.41, 5.74) is 2.27. The van der Waals surface area contributed by atoms with E-state index >= 15 is 0 Å². The highest BCUT2D eigenvalue weighted by Gasteiger charge is 2.09. The minimum atomic E-state index is 0.658. The van der Waals surface area contributed by atoms with Crippen LogP contribution in [0.4, 0.5) is 5.69 Å². The number of anilines is 1. The molecule has 0 saturated carbocycles. The van der Waals surface area contributed by atoms with Crippen LogP contribution in [-0.4, -0.2) is 6.61 Å². The van der Waals surface area contributed by atoms with Gasteiger partial charge >= 0.3 is 0 Å². The number of rotatable bonds is 5. The fraction of sp³-hybridized carbons (Fsp3) is 0.231. The first-order valence-electron chi connectivity index (χ1n) is 5.57. The van der Waals surface area contributed by atoms with Crippen LogP contribution in [0.15, 0.2) is 37.9 Å². The lowest BCUT2D eigenvalue weighted by Crippen LogP contribution is -2.03. The maximum atomic E-state index is 5.69. The molecule has 2 aromatic rings. The number of ether oxygens (including phenoxy) is 1. The number of hydrogen-bond donors (Lipinski definition) is 1. The van der Waals surface area contributed by atoms with E-state index in [9.17, 15) is 0 Å². The van der Waals surface area contributed by atoms with Crippen LogP contribution < -0.4 is 10.1 Å². The highest BCUT2D eigenvalue weighted by molar-refractivity contribution is 9.11. The molecule has 1 aromatic heterocycles. The summed E-state index contributed by atoms with van der Waals surface area (Å²) in [5.74, 6) is 0.906. The van der Waals surface area contributed by atoms with Gasteiger partial charge in [0, 0.05) is 27.6 Å². The van der Waals surface area contributed by atoms with Gasteiger partial charge in [0.25, 0.3) is 0 Å². The molecule has 1 N–H and O–H groups in total. The van der Waals surface area contributed by atoms with Crippen molar-refractivity contribution in [2.45, 2.75) is 13.5 Å². The van der Waals surface area contributed by atoms with Crippen molar-refractivity contribution >= 4 is 48.9 Å². The molecule has 0 aliphatic rings. The Morgan fingerprint density at radius 1 is 1.33 bits per heavy atom. The van der Waals surface area contributed by atoms with Crippen LogP contribution in [0.25, 0.3) is 0 Å². The van der Waals surface area contributed by atoms with E-state index in [0.717, 1.165) is 32.5 Å². The normalized spacial score (nSPS) is 10.4. The monoisotopic (exact) mass is 389 g/mol. The van der Waals surface area contributed by atoms with Gasteiger partial charge in [-0.1, -0.05) is 15.9 Å². The van der Waals surface area contributed by atoms with E-state index in [1.807, 2.05) is 13.0 Å². The topological polar surface area (TPSA) is 21.3 Å². The third-order valence-corrected chi connectivity index (χ3v) is 4.11. The summed E-state index contributed by atoms with van der Waals surface area (Å²) in [6, 6.07) is 6.15. The lowest BCUT2D eigenvalue weighted by Gasteiger charge is -2.13. The van der Waals surface area contributed by atoms with Gasteiger partial charge in [-0.15, -0.1) is 0 Å². The second kappa shape index (κ2) is 6.59. The number of hydrogen-bond acceptors (Lipinski definition) is 3. The Balaban J connectivity index is 2.19. The fourth-order valence-electron chi connectivity index (χ4n) is 1.61. The van der Waals surface area contributed by atoms with E-state index in [1.54, 1.807) is 11.3 Å². The molecule has 0 amide bonds. The van der Waals surface area contributed by atoms with Gasteiger partial charge in [0.05, 0.1) is 11.1 Å². The van der Waals surface area contributed by atoms with Crippen LogP contribution in [0.5, 0.6) is 5.75 Å². The van der Waals surface area contributed by atoms with Crippen molar-refractivity contribution in [3.05, 3.63) is 43.5 Å². The highest BCUT2D eigenvalue weighted by Crippen LogP contribution is 2.33. The minimum absolute atomic E-state index is 0.658. The summed E-state index contributed by atoms with van der Waals surface area (Å²) in [4.78, 5) is 0. The summed E-state index contributed by atoms with van der Waals surface area (Å²) >= 11 is 8.73. The molecular weight excluding hydrogens is 378 g/mol. The Bertz CT molecular complexity index is 514. The summed E-state index contributed by atoms with van der Waals surface area (Å²) in [6.07, 6.45) is 0. The molecule has 0 radical (unpaired) electrons. The molecule has 2 rings (SSSR count). The molecule has 0 saturated heterocycles. The lowest BCUT2D eigenvalue weighted by molar-refractivity contribution is 0.334. The van der Waals surface area contributed by atoms with Crippen LogP contribution >= 0.6 is 43.2 Å². The maximum Gasteiger partial charge on any atom is 0.138 e. The quantitative estimate of drug-likeness (QED) is 0.749. The Morgan fingerprint density at radius 3 is 2.83 bits per heavy atom. The maximum absolute atomic E-state index is 5.69. The molecule has 0 unspecified atom stereocenters. The molecule has 0 atom stereocenters. The van der Waals surface area contributed by atoms with Gasteiger partial charge in [-0.25, -0.2) is 0 Å². The van der Waals surface area contributed by atoms with E-state index in [0.29, 0.717) is 6.61 Å². The van der Waals surface area contributed by atoms with Crippen molar-refractivity contribution in [1.82, 2.24) is 0 Å². The molecule has 2 nitrogen and oxygen atoms in total. The predicted molar refractivity (Wildman–Crippen MR) is 84.7 cm³/mol. The van der Waals surface area contributed by atoms with E-state index < -0.39 is 0 Å². The van der Waals surface area contributed by atoms with E-state index in [-0.39, 0.29) is 0 Å². The largest absolute Gasteiger partial charge is 0.492 e. The Hall–Kier alpha value is -0.520. The van der Waals surface area contributed by atoms with Gasteiger partial charge in [-0.05, 0) is 46.4 Å². The van der Waals surface area contributed by atoms with Crippen LogP contribution in [0.1, 0.15) is 12.5 Å². The third-order valence-electron chi connectivity index (χ3n) is 2.38. The average Bonchev–Trinajstić information content (AvgIpc) is 2.83. The second-order valence-corrected chi connectivity index (χ2v) is 6.22. The van der Waals surface area contributed by atoms with Crippen molar-refractivity contribution in [2.75, 3.05) is 11.9 Å². The lowest BCUT2D eigenvalue weighted by atomic mass is 10.2. The fourth-order valence-corrected chi connectivity index (χ4v) is 3.65. The molecule has 0 aliphatic carbocycles. The van der Waals surface area contributed by atoms with Crippen molar-refractivity contribution in [3.8, 4) is 5.75 Å². The average molecular weight is 391 g/mol. The van der Waals surface area contributed by atoms with E-state index in [2.05, 4.69) is 60.1 Å². The van der Waals surface area contributed by atoms with Gasteiger partial charge in [0.2, 0.25) is 0 Å². The van der Waals surface area contributed by atoms with E-state index in [4.69, 9.17) is 4.74 Å². The van der Waals surface area contributed by atoms with Crippen molar-refractivity contribution < 1.29 is 4.74 Å². The molecule has 96 valence electrons. The molecule has 0 bridgehead atoms.